The quantitative estimate of drug-likeness (QED) is 0.692. The van der Waals surface area contributed by atoms with Crippen LogP contribution in [0.2, 0.25) is 0 Å². The minimum atomic E-state index is -0.975. The molecular weight excluding hydrogens is 270 g/mol. The van der Waals surface area contributed by atoms with Crippen molar-refractivity contribution in [2.75, 3.05) is 11.9 Å². The van der Waals surface area contributed by atoms with E-state index in [4.69, 9.17) is 0 Å². The minimum absolute atomic E-state index is 0.200. The summed E-state index contributed by atoms with van der Waals surface area (Å²) in [5, 5.41) is 22.7. The Kier molecular flexibility index (Phi) is 3.79. The fourth-order valence-electron chi connectivity index (χ4n) is 3.02. The Bertz CT molecular complexity index is 645. The molecule has 1 saturated carbocycles. The summed E-state index contributed by atoms with van der Waals surface area (Å²) in [6.07, 6.45) is 6.98. The number of pyridine rings is 1. The highest BCUT2D eigenvalue weighted by Gasteiger charge is 2.23. The van der Waals surface area contributed by atoms with Crippen LogP contribution in [0.25, 0.3) is 11.0 Å². The predicted molar refractivity (Wildman–Crippen MR) is 79.5 cm³/mol. The Hall–Kier alpha value is -2.08. The minimum Gasteiger partial charge on any atom is -0.478 e. The van der Waals surface area contributed by atoms with Crippen LogP contribution in [0.3, 0.4) is 0 Å². The van der Waals surface area contributed by atoms with Crippen LogP contribution in [0.1, 0.15) is 36.0 Å². The largest absolute Gasteiger partial charge is 0.478 e. The number of fused-ring (bicyclic) bond motifs is 1. The molecule has 21 heavy (non-hydrogen) atoms. The normalized spacial score (nSPS) is 22.3. The number of aliphatic hydroxyl groups excluding tert-OH is 1. The fraction of sp³-hybridized carbons (Fsp3) is 0.467. The average molecular weight is 289 g/mol. The Morgan fingerprint density at radius 2 is 2.14 bits per heavy atom. The molecule has 2 aromatic heterocycles. The van der Waals surface area contributed by atoms with E-state index >= 15 is 0 Å². The van der Waals surface area contributed by atoms with Crippen LogP contribution in [-0.4, -0.2) is 38.8 Å². The number of aliphatic hydroxyl groups is 1. The highest BCUT2D eigenvalue weighted by molar-refractivity contribution is 6.03. The number of carbonyl (C=O) groups is 1. The van der Waals surface area contributed by atoms with Crippen LogP contribution < -0.4 is 5.32 Å². The van der Waals surface area contributed by atoms with Gasteiger partial charge in [0.2, 0.25) is 0 Å². The molecular formula is C15H19N3O3. The van der Waals surface area contributed by atoms with Crippen molar-refractivity contribution in [3.8, 4) is 0 Å². The molecule has 1 aliphatic rings. The van der Waals surface area contributed by atoms with Crippen molar-refractivity contribution in [2.45, 2.75) is 31.7 Å². The Labute approximate surface area is 122 Å². The fourth-order valence-corrected chi connectivity index (χ4v) is 3.02. The van der Waals surface area contributed by atoms with Crippen molar-refractivity contribution in [1.82, 2.24) is 9.97 Å². The van der Waals surface area contributed by atoms with Gasteiger partial charge in [-0.2, -0.15) is 0 Å². The van der Waals surface area contributed by atoms with Gasteiger partial charge in [0, 0.05) is 30.4 Å². The van der Waals surface area contributed by atoms with E-state index in [-0.39, 0.29) is 18.2 Å². The summed E-state index contributed by atoms with van der Waals surface area (Å²) in [4.78, 5) is 18.5. The Morgan fingerprint density at radius 1 is 1.38 bits per heavy atom. The number of rotatable bonds is 4. The number of carboxylic acid groups (broad SMARTS) is 1. The van der Waals surface area contributed by atoms with Gasteiger partial charge in [0.1, 0.15) is 11.2 Å². The van der Waals surface area contributed by atoms with Crippen molar-refractivity contribution < 1.29 is 15.0 Å². The second-order valence-corrected chi connectivity index (χ2v) is 5.64. The zero-order valence-corrected chi connectivity index (χ0v) is 11.7. The molecule has 0 aliphatic heterocycles. The molecule has 1 aliphatic carbocycles. The molecule has 0 atom stereocenters. The predicted octanol–water partition coefficient (Wildman–Crippen LogP) is 2.22. The smallest absolute Gasteiger partial charge is 0.339 e. The van der Waals surface area contributed by atoms with Gasteiger partial charge in [-0.05, 0) is 37.7 Å². The summed E-state index contributed by atoms with van der Waals surface area (Å²) >= 11 is 0. The molecule has 0 amide bonds. The molecule has 0 radical (unpaired) electrons. The van der Waals surface area contributed by atoms with Crippen molar-refractivity contribution in [2.24, 2.45) is 5.92 Å². The third kappa shape index (κ3) is 2.71. The van der Waals surface area contributed by atoms with E-state index in [1.807, 2.05) is 6.07 Å². The number of nitrogens with zero attached hydrogens (tertiary/aromatic N) is 1. The van der Waals surface area contributed by atoms with Gasteiger partial charge in [0.25, 0.3) is 0 Å². The summed E-state index contributed by atoms with van der Waals surface area (Å²) in [5.74, 6) is -0.594. The van der Waals surface area contributed by atoms with E-state index in [2.05, 4.69) is 15.3 Å². The summed E-state index contributed by atoms with van der Waals surface area (Å²) in [5.41, 5.74) is 1.53. The van der Waals surface area contributed by atoms with Gasteiger partial charge in [0.05, 0.1) is 5.69 Å². The maximum Gasteiger partial charge on any atom is 0.339 e. The highest BCUT2D eigenvalue weighted by atomic mass is 16.4. The third-order valence-corrected chi connectivity index (χ3v) is 4.27. The van der Waals surface area contributed by atoms with Crippen LogP contribution in [0.4, 0.5) is 5.69 Å². The van der Waals surface area contributed by atoms with E-state index in [0.29, 0.717) is 17.3 Å². The second-order valence-electron chi connectivity index (χ2n) is 5.64. The highest BCUT2D eigenvalue weighted by Crippen LogP contribution is 2.31. The molecule has 2 aromatic rings. The number of hydrogen-bond acceptors (Lipinski definition) is 4. The third-order valence-electron chi connectivity index (χ3n) is 4.27. The number of H-pyrrole nitrogens is 1. The zero-order chi connectivity index (χ0) is 14.8. The van der Waals surface area contributed by atoms with Gasteiger partial charge in [-0.15, -0.1) is 0 Å². The van der Waals surface area contributed by atoms with Crippen molar-refractivity contribution in [1.29, 1.82) is 0 Å². The first-order chi connectivity index (χ1) is 10.2. The van der Waals surface area contributed by atoms with E-state index in [1.54, 1.807) is 6.20 Å². The molecule has 0 bridgehead atoms. The van der Waals surface area contributed by atoms with E-state index in [9.17, 15) is 15.0 Å². The van der Waals surface area contributed by atoms with Crippen molar-refractivity contribution in [3.63, 3.8) is 0 Å². The Balaban J connectivity index is 1.87. The number of nitrogens with one attached hydrogen (secondary N) is 2. The molecule has 0 spiro atoms. The number of hydrogen-bond donors (Lipinski definition) is 4. The molecule has 4 N–H and O–H groups in total. The van der Waals surface area contributed by atoms with Crippen LogP contribution >= 0.6 is 0 Å². The van der Waals surface area contributed by atoms with Crippen LogP contribution in [-0.2, 0) is 0 Å². The molecule has 0 aromatic carbocycles. The number of carboxylic acids is 1. The molecule has 6 nitrogen and oxygen atoms in total. The lowest BCUT2D eigenvalue weighted by molar-refractivity contribution is 0.0697. The molecule has 6 heteroatoms. The standard InChI is InChI=1S/C15H19N3O3/c19-8-9-1-3-10(4-2-9)18-13-11-5-6-16-14(11)17-7-12(13)15(20)21/h5-7,9-10,19H,1-4,8H2,(H,20,21)(H2,16,17,18)/t9-,10-. The average Bonchev–Trinajstić information content (AvgIpc) is 2.97. The van der Waals surface area contributed by atoms with E-state index in [1.165, 1.54) is 6.20 Å². The maximum atomic E-state index is 11.4. The zero-order valence-electron chi connectivity index (χ0n) is 11.7. The Morgan fingerprint density at radius 3 is 2.81 bits per heavy atom. The van der Waals surface area contributed by atoms with Crippen molar-refractivity contribution >= 4 is 22.7 Å². The second kappa shape index (κ2) is 5.73. The number of anilines is 1. The van der Waals surface area contributed by atoms with Gasteiger partial charge in [-0.3, -0.25) is 0 Å². The lowest BCUT2D eigenvalue weighted by atomic mass is 9.86. The topological polar surface area (TPSA) is 98.2 Å². The summed E-state index contributed by atoms with van der Waals surface area (Å²) < 4.78 is 0. The first-order valence-electron chi connectivity index (χ1n) is 7.26. The molecule has 0 saturated heterocycles. The monoisotopic (exact) mass is 289 g/mol. The lowest BCUT2D eigenvalue weighted by Gasteiger charge is -2.29. The van der Waals surface area contributed by atoms with Gasteiger partial charge in [-0.1, -0.05) is 0 Å². The number of aromatic nitrogens is 2. The summed E-state index contributed by atoms with van der Waals surface area (Å²) in [7, 11) is 0. The first-order valence-corrected chi connectivity index (χ1v) is 7.26. The number of aromatic amines is 1. The SMILES string of the molecule is O=C(O)c1cnc2[nH]ccc2c1N[C@H]1CC[C@H](CO)CC1. The van der Waals surface area contributed by atoms with Gasteiger partial charge in [0.15, 0.2) is 0 Å². The van der Waals surface area contributed by atoms with E-state index in [0.717, 1.165) is 31.1 Å². The first kappa shape index (κ1) is 13.9. The molecule has 2 heterocycles. The summed E-state index contributed by atoms with van der Waals surface area (Å²) in [6, 6.07) is 2.09. The van der Waals surface area contributed by atoms with E-state index < -0.39 is 5.97 Å². The molecule has 0 unspecified atom stereocenters. The summed E-state index contributed by atoms with van der Waals surface area (Å²) in [6.45, 7) is 0.240. The molecule has 3 rings (SSSR count). The van der Waals surface area contributed by atoms with Crippen molar-refractivity contribution in [3.05, 3.63) is 24.0 Å². The van der Waals surface area contributed by atoms with Gasteiger partial charge in [-0.25, -0.2) is 9.78 Å². The van der Waals surface area contributed by atoms with Crippen LogP contribution in [0.5, 0.6) is 0 Å². The lowest BCUT2D eigenvalue weighted by Crippen LogP contribution is -2.28. The maximum absolute atomic E-state index is 11.4. The number of aromatic carboxylic acids is 1. The van der Waals surface area contributed by atoms with Crippen LogP contribution in [0.15, 0.2) is 18.5 Å². The van der Waals surface area contributed by atoms with Gasteiger partial charge >= 0.3 is 5.97 Å². The molecule has 112 valence electrons. The van der Waals surface area contributed by atoms with Gasteiger partial charge < -0.3 is 20.5 Å². The molecule has 1 fully saturated rings. The van der Waals surface area contributed by atoms with Crippen LogP contribution in [0, 0.1) is 5.92 Å².